The number of rotatable bonds is 6. The van der Waals surface area contributed by atoms with Crippen molar-refractivity contribution in [3.05, 3.63) is 39.4 Å². The number of nitrogens with zero attached hydrogens (tertiary/aromatic N) is 1. The Bertz CT molecular complexity index is 784. The van der Waals surface area contributed by atoms with Crippen LogP contribution in [0.5, 0.6) is 0 Å². The third-order valence-electron chi connectivity index (χ3n) is 6.88. The summed E-state index contributed by atoms with van der Waals surface area (Å²) in [6, 6.07) is 4.25. The van der Waals surface area contributed by atoms with E-state index in [9.17, 15) is 19.7 Å². The number of ether oxygens (including phenoxy) is 1. The predicted octanol–water partition coefficient (Wildman–Crippen LogP) is 3.39. The van der Waals surface area contributed by atoms with Crippen LogP contribution in [0.4, 0.5) is 5.69 Å². The van der Waals surface area contributed by atoms with Crippen LogP contribution in [-0.4, -0.2) is 30.0 Å². The van der Waals surface area contributed by atoms with E-state index in [2.05, 4.69) is 5.32 Å². The average Bonchev–Trinajstić information content (AvgIpc) is 2.63. The van der Waals surface area contributed by atoms with Crippen LogP contribution in [0.3, 0.4) is 0 Å². The zero-order chi connectivity index (χ0) is 19.9. The van der Waals surface area contributed by atoms with Gasteiger partial charge in [-0.05, 0) is 74.7 Å². The lowest BCUT2D eigenvalue weighted by Gasteiger charge is -2.56. The minimum absolute atomic E-state index is 0.114. The van der Waals surface area contributed by atoms with Gasteiger partial charge in [-0.1, -0.05) is 6.07 Å². The maximum absolute atomic E-state index is 12.2. The number of amides is 1. The van der Waals surface area contributed by atoms with Gasteiger partial charge < -0.3 is 10.1 Å². The summed E-state index contributed by atoms with van der Waals surface area (Å²) in [5, 5.41) is 14.0. The minimum atomic E-state index is -0.717. The number of nitro groups is 1. The molecule has 150 valence electrons. The van der Waals surface area contributed by atoms with Gasteiger partial charge in [0.2, 0.25) is 0 Å². The van der Waals surface area contributed by atoms with Crippen molar-refractivity contribution in [2.75, 3.05) is 13.2 Å². The average molecular weight is 386 g/mol. The van der Waals surface area contributed by atoms with Crippen molar-refractivity contribution in [1.82, 2.24) is 5.32 Å². The molecule has 0 saturated heterocycles. The Morgan fingerprint density at radius 3 is 2.36 bits per heavy atom. The molecule has 1 aromatic rings. The van der Waals surface area contributed by atoms with Crippen LogP contribution >= 0.6 is 0 Å². The highest BCUT2D eigenvalue weighted by Gasteiger charge is 2.50. The largest absolute Gasteiger partial charge is 0.452 e. The third-order valence-corrected chi connectivity index (χ3v) is 6.88. The normalized spacial score (nSPS) is 30.1. The van der Waals surface area contributed by atoms with E-state index in [1.807, 2.05) is 0 Å². The third kappa shape index (κ3) is 3.62. The van der Waals surface area contributed by atoms with E-state index < -0.39 is 10.9 Å². The molecule has 4 saturated carbocycles. The van der Waals surface area contributed by atoms with Crippen LogP contribution < -0.4 is 5.32 Å². The summed E-state index contributed by atoms with van der Waals surface area (Å²) >= 11 is 0. The first kappa shape index (κ1) is 18.9. The molecule has 5 rings (SSSR count). The van der Waals surface area contributed by atoms with Gasteiger partial charge in [-0.3, -0.25) is 14.9 Å². The second-order valence-electron chi connectivity index (χ2n) is 8.98. The molecule has 1 N–H and O–H groups in total. The summed E-state index contributed by atoms with van der Waals surface area (Å²) in [6.45, 7) is 1.79. The quantitative estimate of drug-likeness (QED) is 0.459. The Morgan fingerprint density at radius 1 is 1.18 bits per heavy atom. The van der Waals surface area contributed by atoms with Crippen LogP contribution in [-0.2, 0) is 9.53 Å². The topological polar surface area (TPSA) is 98.5 Å². The van der Waals surface area contributed by atoms with Crippen molar-refractivity contribution in [3.63, 3.8) is 0 Å². The van der Waals surface area contributed by atoms with Crippen LogP contribution in [0.1, 0.15) is 54.4 Å². The molecule has 7 heteroatoms. The number of nitrogens with one attached hydrogen (secondary N) is 1. The Morgan fingerprint density at radius 2 is 1.79 bits per heavy atom. The van der Waals surface area contributed by atoms with Crippen molar-refractivity contribution in [2.24, 2.45) is 23.2 Å². The highest BCUT2D eigenvalue weighted by Crippen LogP contribution is 2.59. The molecule has 4 aliphatic carbocycles. The summed E-state index contributed by atoms with van der Waals surface area (Å²) in [6.07, 6.45) is 7.66. The first-order chi connectivity index (χ1) is 13.3. The van der Waals surface area contributed by atoms with E-state index in [1.54, 1.807) is 0 Å². The Kier molecular flexibility index (Phi) is 4.85. The minimum Gasteiger partial charge on any atom is -0.452 e. The molecule has 7 nitrogen and oxygen atoms in total. The Labute approximate surface area is 164 Å². The zero-order valence-electron chi connectivity index (χ0n) is 16.1. The first-order valence-corrected chi connectivity index (χ1v) is 10.0. The maximum Gasteiger partial charge on any atom is 0.339 e. The molecular weight excluding hydrogens is 360 g/mol. The van der Waals surface area contributed by atoms with Crippen molar-refractivity contribution in [2.45, 2.75) is 45.4 Å². The van der Waals surface area contributed by atoms with Crippen molar-refractivity contribution < 1.29 is 19.2 Å². The molecule has 1 amide bonds. The lowest BCUT2D eigenvalue weighted by molar-refractivity contribution is -0.385. The van der Waals surface area contributed by atoms with Gasteiger partial charge in [0, 0.05) is 18.2 Å². The van der Waals surface area contributed by atoms with E-state index in [-0.39, 0.29) is 34.7 Å². The summed E-state index contributed by atoms with van der Waals surface area (Å²) in [7, 11) is 0. The number of benzene rings is 1. The molecule has 4 aliphatic rings. The molecule has 1 aromatic carbocycles. The molecule has 28 heavy (non-hydrogen) atoms. The van der Waals surface area contributed by atoms with Crippen LogP contribution in [0.2, 0.25) is 0 Å². The molecule has 4 fully saturated rings. The number of carbonyl (C=O) groups excluding carboxylic acids is 2. The Hall–Kier alpha value is -2.44. The molecule has 0 radical (unpaired) electrons. The van der Waals surface area contributed by atoms with Crippen LogP contribution in [0, 0.1) is 40.2 Å². The molecule has 0 heterocycles. The number of hydrogen-bond donors (Lipinski definition) is 1. The number of esters is 1. The first-order valence-electron chi connectivity index (χ1n) is 10.0. The van der Waals surface area contributed by atoms with Gasteiger partial charge in [-0.15, -0.1) is 0 Å². The van der Waals surface area contributed by atoms with Gasteiger partial charge in [0.05, 0.1) is 10.5 Å². The van der Waals surface area contributed by atoms with Crippen LogP contribution in [0.15, 0.2) is 18.2 Å². The molecule has 0 aliphatic heterocycles. The molecule has 0 atom stereocenters. The SMILES string of the molecule is Cc1c(C(=O)OCC(=O)NCC23CC4CC(CC(C4)C2)C3)cccc1[N+](=O)[O-]. The van der Waals surface area contributed by atoms with Gasteiger partial charge in [0.15, 0.2) is 6.61 Å². The fourth-order valence-corrected chi connectivity index (χ4v) is 6.09. The summed E-state index contributed by atoms with van der Waals surface area (Å²) in [5.74, 6) is 1.42. The lowest BCUT2D eigenvalue weighted by atomic mass is 9.49. The van der Waals surface area contributed by atoms with Gasteiger partial charge in [-0.25, -0.2) is 4.79 Å². The monoisotopic (exact) mass is 386 g/mol. The van der Waals surface area contributed by atoms with E-state index in [0.29, 0.717) is 6.54 Å². The second kappa shape index (κ2) is 7.18. The standard InChI is InChI=1S/C21H26N2O5/c1-13-17(3-2-4-18(13)23(26)27)20(25)28-11-19(24)22-12-21-8-14-5-15(9-21)7-16(6-14)10-21/h2-4,14-16H,5-12H2,1H3,(H,22,24). The van der Waals surface area contributed by atoms with Gasteiger partial charge in [0.25, 0.3) is 11.6 Å². The number of hydrogen-bond acceptors (Lipinski definition) is 5. The van der Waals surface area contributed by atoms with Gasteiger partial charge >= 0.3 is 5.97 Å². The molecular formula is C21H26N2O5. The molecule has 0 spiro atoms. The molecule has 0 unspecified atom stereocenters. The van der Waals surface area contributed by atoms with E-state index in [0.717, 1.165) is 17.8 Å². The number of nitro benzene ring substituents is 1. The van der Waals surface area contributed by atoms with Crippen molar-refractivity contribution in [3.8, 4) is 0 Å². The van der Waals surface area contributed by atoms with Gasteiger partial charge in [-0.2, -0.15) is 0 Å². The fourth-order valence-electron chi connectivity index (χ4n) is 6.09. The summed E-state index contributed by atoms with van der Waals surface area (Å²) < 4.78 is 5.10. The van der Waals surface area contributed by atoms with E-state index in [1.165, 1.54) is 63.6 Å². The lowest BCUT2D eigenvalue weighted by Crippen LogP contribution is -2.51. The Balaban J connectivity index is 1.30. The van der Waals surface area contributed by atoms with E-state index in [4.69, 9.17) is 4.74 Å². The summed E-state index contributed by atoms with van der Waals surface area (Å²) in [5.41, 5.74) is 0.445. The molecule has 0 aromatic heterocycles. The van der Waals surface area contributed by atoms with Crippen molar-refractivity contribution in [1.29, 1.82) is 0 Å². The smallest absolute Gasteiger partial charge is 0.339 e. The number of carbonyl (C=O) groups is 2. The zero-order valence-corrected chi connectivity index (χ0v) is 16.1. The van der Waals surface area contributed by atoms with E-state index >= 15 is 0 Å². The molecule has 4 bridgehead atoms. The predicted molar refractivity (Wildman–Crippen MR) is 102 cm³/mol. The van der Waals surface area contributed by atoms with Crippen LogP contribution in [0.25, 0.3) is 0 Å². The van der Waals surface area contributed by atoms with Crippen molar-refractivity contribution >= 4 is 17.6 Å². The fraction of sp³-hybridized carbons (Fsp3) is 0.619. The summed E-state index contributed by atoms with van der Waals surface area (Å²) in [4.78, 5) is 34.9. The second-order valence-corrected chi connectivity index (χ2v) is 8.98. The highest BCUT2D eigenvalue weighted by atomic mass is 16.6. The van der Waals surface area contributed by atoms with Gasteiger partial charge in [0.1, 0.15) is 0 Å². The maximum atomic E-state index is 12.2. The highest BCUT2D eigenvalue weighted by molar-refractivity contribution is 5.93.